The topological polar surface area (TPSA) is 49.4 Å². The van der Waals surface area contributed by atoms with Gasteiger partial charge in [-0.1, -0.05) is 6.42 Å². The zero-order valence-corrected chi connectivity index (χ0v) is 11.9. The van der Waals surface area contributed by atoms with Gasteiger partial charge in [-0.05, 0) is 26.7 Å². The van der Waals surface area contributed by atoms with E-state index in [1.165, 1.54) is 6.26 Å². The lowest BCUT2D eigenvalue weighted by atomic mass is 9.97. The minimum atomic E-state index is -2.91. The fraction of sp³-hybridized carbons (Fsp3) is 1.00. The van der Waals surface area contributed by atoms with Crippen LogP contribution in [0, 0.1) is 0 Å². The quantitative estimate of drug-likeness (QED) is 0.791. The van der Waals surface area contributed by atoms with Crippen LogP contribution < -0.4 is 5.32 Å². The van der Waals surface area contributed by atoms with Crippen molar-refractivity contribution in [1.82, 2.24) is 10.2 Å². The summed E-state index contributed by atoms with van der Waals surface area (Å²) in [5, 5.41) is 3.24. The average molecular weight is 260 g/mol. The molecule has 100 valence electrons. The second-order valence-electron chi connectivity index (χ2n) is 6.05. The molecule has 1 heterocycles. The molecule has 2 atom stereocenters. The van der Waals surface area contributed by atoms with Crippen LogP contribution in [0.4, 0.5) is 0 Å². The maximum absolute atomic E-state index is 11.9. The maximum atomic E-state index is 11.9. The molecule has 2 aliphatic rings. The van der Waals surface area contributed by atoms with Crippen molar-refractivity contribution in [3.05, 3.63) is 0 Å². The Morgan fingerprint density at radius 1 is 1.29 bits per heavy atom. The molecule has 1 saturated heterocycles. The maximum Gasteiger partial charge on any atom is 0.151 e. The van der Waals surface area contributed by atoms with Gasteiger partial charge in [0.1, 0.15) is 0 Å². The van der Waals surface area contributed by atoms with Crippen molar-refractivity contribution < 1.29 is 8.42 Å². The molecule has 1 saturated carbocycles. The second-order valence-corrected chi connectivity index (χ2v) is 8.31. The van der Waals surface area contributed by atoms with Gasteiger partial charge in [-0.15, -0.1) is 0 Å². The number of piperazine rings is 1. The minimum Gasteiger partial charge on any atom is -0.314 e. The molecule has 0 radical (unpaired) electrons. The third-order valence-corrected chi connectivity index (χ3v) is 5.88. The Morgan fingerprint density at radius 3 is 2.59 bits per heavy atom. The summed E-state index contributed by atoms with van der Waals surface area (Å²) in [6.07, 6.45) is 4.30. The first-order valence-corrected chi connectivity index (χ1v) is 8.44. The molecule has 1 aliphatic carbocycles. The van der Waals surface area contributed by atoms with Gasteiger partial charge in [-0.2, -0.15) is 0 Å². The van der Waals surface area contributed by atoms with Crippen molar-refractivity contribution in [1.29, 1.82) is 0 Å². The van der Waals surface area contributed by atoms with Crippen molar-refractivity contribution in [3.63, 3.8) is 0 Å². The van der Waals surface area contributed by atoms with Gasteiger partial charge in [-0.25, -0.2) is 8.42 Å². The number of hydrogen-bond donors (Lipinski definition) is 1. The summed E-state index contributed by atoms with van der Waals surface area (Å²) in [6, 6.07) is 0.224. The van der Waals surface area contributed by atoms with Gasteiger partial charge in [0.15, 0.2) is 9.84 Å². The molecule has 0 aromatic heterocycles. The fourth-order valence-corrected chi connectivity index (χ4v) is 4.82. The monoisotopic (exact) mass is 260 g/mol. The van der Waals surface area contributed by atoms with Gasteiger partial charge in [-0.3, -0.25) is 4.90 Å². The van der Waals surface area contributed by atoms with Crippen LogP contribution >= 0.6 is 0 Å². The molecule has 0 aromatic carbocycles. The average Bonchev–Trinajstić information content (AvgIpc) is 2.64. The van der Waals surface area contributed by atoms with Crippen molar-refractivity contribution >= 4 is 9.84 Å². The molecule has 1 N–H and O–H groups in total. The summed E-state index contributed by atoms with van der Waals surface area (Å²) < 4.78 is 23.7. The van der Waals surface area contributed by atoms with E-state index in [9.17, 15) is 8.42 Å². The van der Waals surface area contributed by atoms with Crippen LogP contribution in [0.2, 0.25) is 0 Å². The van der Waals surface area contributed by atoms with Gasteiger partial charge in [0.25, 0.3) is 0 Å². The number of hydrogen-bond acceptors (Lipinski definition) is 4. The first kappa shape index (κ1) is 13.3. The van der Waals surface area contributed by atoms with Crippen LogP contribution in [-0.2, 0) is 9.84 Å². The summed E-state index contributed by atoms with van der Waals surface area (Å²) in [6.45, 7) is 7.29. The molecule has 0 spiro atoms. The van der Waals surface area contributed by atoms with Crippen LogP contribution in [0.3, 0.4) is 0 Å². The Labute approximate surface area is 105 Å². The number of sulfone groups is 1. The molecule has 5 heteroatoms. The van der Waals surface area contributed by atoms with Crippen LogP contribution in [0.5, 0.6) is 0 Å². The molecule has 2 unspecified atom stereocenters. The normalized spacial score (nSPS) is 35.0. The Morgan fingerprint density at radius 2 is 2.00 bits per heavy atom. The molecule has 0 amide bonds. The van der Waals surface area contributed by atoms with E-state index in [-0.39, 0.29) is 16.8 Å². The van der Waals surface area contributed by atoms with Crippen LogP contribution in [0.25, 0.3) is 0 Å². The van der Waals surface area contributed by atoms with Gasteiger partial charge in [0, 0.05) is 37.5 Å². The second kappa shape index (κ2) is 4.52. The highest BCUT2D eigenvalue weighted by Crippen LogP contribution is 2.33. The Hall–Kier alpha value is -0.130. The standard InChI is InChI=1S/C12H24N2O2S/c1-12(2)9-13-7-8-14(12)10-5-4-6-11(10)17(3,15)16/h10-11,13H,4-9H2,1-3H3. The first-order chi connectivity index (χ1) is 7.82. The highest BCUT2D eigenvalue weighted by molar-refractivity contribution is 7.91. The van der Waals surface area contributed by atoms with E-state index < -0.39 is 9.84 Å². The Kier molecular flexibility index (Phi) is 3.54. The van der Waals surface area contributed by atoms with Gasteiger partial charge in [0.05, 0.1) is 5.25 Å². The molecular formula is C12H24N2O2S. The van der Waals surface area contributed by atoms with E-state index in [2.05, 4.69) is 24.1 Å². The number of nitrogens with zero attached hydrogens (tertiary/aromatic N) is 1. The van der Waals surface area contributed by atoms with Crippen LogP contribution in [-0.4, -0.2) is 56.0 Å². The summed E-state index contributed by atoms with van der Waals surface area (Å²) in [7, 11) is -2.91. The summed E-state index contributed by atoms with van der Waals surface area (Å²) in [5.74, 6) is 0. The zero-order chi connectivity index (χ0) is 12.7. The van der Waals surface area contributed by atoms with E-state index in [0.29, 0.717) is 0 Å². The predicted octanol–water partition coefficient (Wildman–Crippen LogP) is 0.636. The van der Waals surface area contributed by atoms with E-state index in [4.69, 9.17) is 0 Å². The van der Waals surface area contributed by atoms with Gasteiger partial charge in [0.2, 0.25) is 0 Å². The van der Waals surface area contributed by atoms with E-state index in [0.717, 1.165) is 38.9 Å². The Balaban J connectivity index is 2.21. The van der Waals surface area contributed by atoms with Crippen molar-refractivity contribution in [2.24, 2.45) is 0 Å². The van der Waals surface area contributed by atoms with Gasteiger partial charge >= 0.3 is 0 Å². The van der Waals surface area contributed by atoms with Crippen molar-refractivity contribution in [2.45, 2.75) is 49.9 Å². The molecule has 0 aromatic rings. The summed E-state index contributed by atoms with van der Waals surface area (Å²) in [4.78, 5) is 2.42. The van der Waals surface area contributed by atoms with E-state index in [1.54, 1.807) is 0 Å². The molecular weight excluding hydrogens is 236 g/mol. The number of rotatable bonds is 2. The van der Waals surface area contributed by atoms with Crippen LogP contribution in [0.15, 0.2) is 0 Å². The predicted molar refractivity (Wildman–Crippen MR) is 69.9 cm³/mol. The SMILES string of the molecule is CC1(C)CNCCN1C1CCCC1S(C)(=O)=O. The molecule has 1 aliphatic heterocycles. The third-order valence-electron chi connectivity index (χ3n) is 4.23. The van der Waals surface area contributed by atoms with Gasteiger partial charge < -0.3 is 5.32 Å². The first-order valence-electron chi connectivity index (χ1n) is 6.49. The van der Waals surface area contributed by atoms with Crippen molar-refractivity contribution in [3.8, 4) is 0 Å². The van der Waals surface area contributed by atoms with Crippen molar-refractivity contribution in [2.75, 3.05) is 25.9 Å². The molecule has 0 bridgehead atoms. The molecule has 17 heavy (non-hydrogen) atoms. The molecule has 2 fully saturated rings. The van der Waals surface area contributed by atoms with E-state index in [1.807, 2.05) is 0 Å². The lowest BCUT2D eigenvalue weighted by molar-refractivity contribution is 0.0486. The lowest BCUT2D eigenvalue weighted by Gasteiger charge is -2.47. The Bertz CT molecular complexity index is 378. The summed E-state index contributed by atoms with van der Waals surface area (Å²) >= 11 is 0. The number of nitrogens with one attached hydrogen (secondary N) is 1. The summed E-state index contributed by atoms with van der Waals surface area (Å²) in [5.41, 5.74) is 0.0657. The minimum absolute atomic E-state index is 0.0657. The largest absolute Gasteiger partial charge is 0.314 e. The third kappa shape index (κ3) is 2.66. The smallest absolute Gasteiger partial charge is 0.151 e. The molecule has 4 nitrogen and oxygen atoms in total. The highest BCUT2D eigenvalue weighted by atomic mass is 32.2. The van der Waals surface area contributed by atoms with Crippen LogP contribution in [0.1, 0.15) is 33.1 Å². The van der Waals surface area contributed by atoms with E-state index >= 15 is 0 Å². The molecule has 2 rings (SSSR count). The fourth-order valence-electron chi connectivity index (χ4n) is 3.38. The highest BCUT2D eigenvalue weighted by Gasteiger charge is 2.43. The zero-order valence-electron chi connectivity index (χ0n) is 11.1. The lowest BCUT2D eigenvalue weighted by Crippen LogP contribution is -2.63.